The summed E-state index contributed by atoms with van der Waals surface area (Å²) in [6.07, 6.45) is 0.371. The molecule has 25 heavy (non-hydrogen) atoms. The maximum Gasteiger partial charge on any atom is 0.225 e. The summed E-state index contributed by atoms with van der Waals surface area (Å²) in [5.41, 5.74) is 4.69. The number of carbonyl (C=O) groups is 1. The van der Waals surface area contributed by atoms with Crippen LogP contribution in [0.2, 0.25) is 0 Å². The van der Waals surface area contributed by atoms with E-state index in [4.69, 9.17) is 0 Å². The third kappa shape index (κ3) is 5.33. The first-order valence-electron chi connectivity index (χ1n) is 8.31. The summed E-state index contributed by atoms with van der Waals surface area (Å²) < 4.78 is 0. The highest BCUT2D eigenvalue weighted by molar-refractivity contribution is 7.99. The quantitative estimate of drug-likeness (QED) is 0.757. The third-order valence-corrected chi connectivity index (χ3v) is 4.95. The van der Waals surface area contributed by atoms with Gasteiger partial charge >= 0.3 is 0 Å². The van der Waals surface area contributed by atoms with Gasteiger partial charge in [0.25, 0.3) is 0 Å². The Morgan fingerprint density at radius 3 is 2.64 bits per heavy atom. The number of nitrogens with one attached hydrogen (secondary N) is 1. The van der Waals surface area contributed by atoms with Crippen LogP contribution in [0.1, 0.15) is 48.6 Å². The van der Waals surface area contributed by atoms with Crippen molar-refractivity contribution in [1.29, 1.82) is 5.26 Å². The average Bonchev–Trinajstić information content (AvgIpc) is 2.58. The average molecular weight is 353 g/mol. The summed E-state index contributed by atoms with van der Waals surface area (Å²) in [6, 6.07) is 11.7. The summed E-state index contributed by atoms with van der Waals surface area (Å²) in [7, 11) is 0. The summed E-state index contributed by atoms with van der Waals surface area (Å²) in [6.45, 7) is 8.21. The first-order chi connectivity index (χ1) is 11.9. The number of hydrogen-bond acceptors (Lipinski definition) is 4. The number of thioether (sulfide) groups is 1. The number of aryl methyl sites for hydroxylation is 2. The Morgan fingerprint density at radius 1 is 1.24 bits per heavy atom. The summed E-state index contributed by atoms with van der Waals surface area (Å²) in [5, 5.41) is 12.8. The number of carbonyl (C=O) groups excluding carboxylic acids is 1. The molecule has 0 aliphatic carbocycles. The molecule has 0 bridgehead atoms. The van der Waals surface area contributed by atoms with Crippen LogP contribution in [0.25, 0.3) is 0 Å². The maximum atomic E-state index is 12.1. The van der Waals surface area contributed by atoms with Crippen LogP contribution in [0.15, 0.2) is 35.4 Å². The van der Waals surface area contributed by atoms with Gasteiger partial charge in [-0.05, 0) is 55.2 Å². The van der Waals surface area contributed by atoms with E-state index in [1.165, 1.54) is 17.3 Å². The van der Waals surface area contributed by atoms with E-state index in [0.717, 1.165) is 16.9 Å². The molecule has 4 nitrogen and oxygen atoms in total. The first kappa shape index (κ1) is 19.0. The Kier molecular flexibility index (Phi) is 6.60. The molecule has 5 heteroatoms. The predicted octanol–water partition coefficient (Wildman–Crippen LogP) is 4.81. The number of nitrogens with zero attached hydrogens (tertiary/aromatic N) is 2. The molecule has 1 amide bonds. The van der Waals surface area contributed by atoms with Crippen molar-refractivity contribution in [2.24, 2.45) is 0 Å². The van der Waals surface area contributed by atoms with E-state index in [1.807, 2.05) is 38.1 Å². The molecular weight excluding hydrogens is 330 g/mol. The lowest BCUT2D eigenvalue weighted by molar-refractivity contribution is -0.115. The van der Waals surface area contributed by atoms with E-state index >= 15 is 0 Å². The van der Waals surface area contributed by atoms with Crippen LogP contribution in [0.3, 0.4) is 0 Å². The van der Waals surface area contributed by atoms with Gasteiger partial charge in [0.05, 0.1) is 5.56 Å². The number of aromatic nitrogens is 1. The number of hydrogen-bond donors (Lipinski definition) is 1. The summed E-state index contributed by atoms with van der Waals surface area (Å²) in [5.74, 6) is 0.856. The minimum atomic E-state index is -0.0331. The van der Waals surface area contributed by atoms with Crippen LogP contribution in [-0.4, -0.2) is 16.6 Å². The molecule has 2 rings (SSSR count). The summed E-state index contributed by atoms with van der Waals surface area (Å²) in [4.78, 5) is 16.7. The molecule has 0 saturated heterocycles. The molecular formula is C20H23N3OS. The number of amides is 1. The Balaban J connectivity index is 1.93. The largest absolute Gasteiger partial charge is 0.326 e. The molecule has 1 aromatic heterocycles. The van der Waals surface area contributed by atoms with E-state index in [9.17, 15) is 10.1 Å². The predicted molar refractivity (Wildman–Crippen MR) is 103 cm³/mol. The Morgan fingerprint density at radius 2 is 2.00 bits per heavy atom. The zero-order chi connectivity index (χ0) is 18.4. The van der Waals surface area contributed by atoms with Gasteiger partial charge in [-0.1, -0.05) is 19.9 Å². The van der Waals surface area contributed by atoms with Crippen molar-refractivity contribution in [3.05, 3.63) is 52.7 Å². The van der Waals surface area contributed by atoms with Gasteiger partial charge < -0.3 is 5.32 Å². The van der Waals surface area contributed by atoms with Crippen molar-refractivity contribution in [2.45, 2.75) is 45.1 Å². The van der Waals surface area contributed by atoms with Crippen LogP contribution in [0, 0.1) is 25.2 Å². The van der Waals surface area contributed by atoms with E-state index in [-0.39, 0.29) is 5.91 Å². The van der Waals surface area contributed by atoms with Crippen LogP contribution in [0.4, 0.5) is 5.69 Å². The third-order valence-electron chi connectivity index (χ3n) is 3.95. The lowest BCUT2D eigenvalue weighted by Crippen LogP contribution is -2.12. The van der Waals surface area contributed by atoms with E-state index < -0.39 is 0 Å². The minimum Gasteiger partial charge on any atom is -0.326 e. The molecule has 0 unspecified atom stereocenters. The number of rotatable bonds is 6. The first-order valence-corrected chi connectivity index (χ1v) is 9.30. The topological polar surface area (TPSA) is 65.8 Å². The molecule has 2 aromatic rings. The Bertz CT molecular complexity index is 809. The van der Waals surface area contributed by atoms with Crippen molar-refractivity contribution in [3.8, 4) is 6.07 Å². The Labute approximate surface area is 153 Å². The van der Waals surface area contributed by atoms with Gasteiger partial charge in [-0.3, -0.25) is 4.79 Å². The molecule has 0 aliphatic rings. The molecule has 0 fully saturated rings. The van der Waals surface area contributed by atoms with Crippen molar-refractivity contribution < 1.29 is 4.79 Å². The number of benzene rings is 1. The molecule has 0 atom stereocenters. The highest BCUT2D eigenvalue weighted by Gasteiger charge is 2.10. The summed E-state index contributed by atoms with van der Waals surface area (Å²) >= 11 is 1.45. The molecule has 0 radical (unpaired) electrons. The van der Waals surface area contributed by atoms with E-state index in [0.29, 0.717) is 28.7 Å². The van der Waals surface area contributed by atoms with Gasteiger partial charge in [0, 0.05) is 23.6 Å². The second kappa shape index (κ2) is 8.68. The van der Waals surface area contributed by atoms with Crippen molar-refractivity contribution in [3.63, 3.8) is 0 Å². The SMILES string of the molecule is Cc1ccc(NC(=O)CCSc2nc(C(C)C)ccc2C#N)cc1C. The van der Waals surface area contributed by atoms with Crippen LogP contribution >= 0.6 is 11.8 Å². The van der Waals surface area contributed by atoms with E-state index in [2.05, 4.69) is 30.2 Å². The van der Waals surface area contributed by atoms with E-state index in [1.54, 1.807) is 6.07 Å². The van der Waals surface area contributed by atoms with Crippen LogP contribution < -0.4 is 5.32 Å². The molecule has 1 N–H and O–H groups in total. The van der Waals surface area contributed by atoms with Gasteiger partial charge in [0.2, 0.25) is 5.91 Å². The zero-order valence-electron chi connectivity index (χ0n) is 15.1. The lowest BCUT2D eigenvalue weighted by atomic mass is 10.1. The number of anilines is 1. The van der Waals surface area contributed by atoms with Gasteiger partial charge in [-0.2, -0.15) is 5.26 Å². The highest BCUT2D eigenvalue weighted by atomic mass is 32.2. The van der Waals surface area contributed by atoms with Crippen molar-refractivity contribution in [2.75, 3.05) is 11.1 Å². The molecule has 1 heterocycles. The monoisotopic (exact) mass is 353 g/mol. The number of nitriles is 1. The second-order valence-electron chi connectivity index (χ2n) is 6.30. The lowest BCUT2D eigenvalue weighted by Gasteiger charge is -2.09. The zero-order valence-corrected chi connectivity index (χ0v) is 15.9. The van der Waals surface area contributed by atoms with Gasteiger partial charge in [0.15, 0.2) is 0 Å². The fraction of sp³-hybridized carbons (Fsp3) is 0.350. The van der Waals surface area contributed by atoms with Crippen LogP contribution in [0.5, 0.6) is 0 Å². The fourth-order valence-corrected chi connectivity index (χ4v) is 3.17. The second-order valence-corrected chi connectivity index (χ2v) is 7.38. The van der Waals surface area contributed by atoms with Gasteiger partial charge in [-0.15, -0.1) is 11.8 Å². The molecule has 1 aromatic carbocycles. The smallest absolute Gasteiger partial charge is 0.225 e. The molecule has 130 valence electrons. The van der Waals surface area contributed by atoms with Crippen LogP contribution in [-0.2, 0) is 4.79 Å². The van der Waals surface area contributed by atoms with Gasteiger partial charge in [0.1, 0.15) is 11.1 Å². The Hall–Kier alpha value is -2.32. The molecule has 0 saturated carbocycles. The minimum absolute atomic E-state index is 0.0331. The normalized spacial score (nSPS) is 10.6. The molecule has 0 aliphatic heterocycles. The van der Waals surface area contributed by atoms with Gasteiger partial charge in [-0.25, -0.2) is 4.98 Å². The standard InChI is InChI=1S/C20H23N3OS/c1-13(2)18-8-6-16(12-21)20(23-18)25-10-9-19(24)22-17-7-5-14(3)15(4)11-17/h5-8,11,13H,9-10H2,1-4H3,(H,22,24). The highest BCUT2D eigenvalue weighted by Crippen LogP contribution is 2.24. The van der Waals surface area contributed by atoms with Crippen molar-refractivity contribution >= 4 is 23.4 Å². The molecule has 0 spiro atoms. The number of pyridine rings is 1. The van der Waals surface area contributed by atoms with Crippen molar-refractivity contribution in [1.82, 2.24) is 4.98 Å². The fourth-order valence-electron chi connectivity index (χ4n) is 2.25. The maximum absolute atomic E-state index is 12.1.